The molecule has 0 amide bonds. The van der Waals surface area contributed by atoms with Crippen LogP contribution in [0.1, 0.15) is 0 Å². The number of aromatic nitrogens is 3. The Morgan fingerprint density at radius 3 is 1.57 bits per heavy atom. The Morgan fingerprint density at radius 1 is 0.700 bits per heavy atom. The lowest BCUT2D eigenvalue weighted by molar-refractivity contribution is 0.122. The largest absolute Gasteiger partial charge is 0.378 e. The number of benzene rings is 2. The van der Waals surface area contributed by atoms with Crippen molar-refractivity contribution >= 4 is 77.2 Å². The zero-order valence-corrected chi connectivity index (χ0v) is 18.9. The highest BCUT2D eigenvalue weighted by Gasteiger charge is 2.17. The first-order valence-corrected chi connectivity index (χ1v) is 9.55. The normalized spacial score (nSPS) is 13.1. The van der Waals surface area contributed by atoms with Gasteiger partial charge in [-0.1, -0.05) is 23.2 Å². The average Bonchev–Trinajstić information content (AvgIpc) is 2.72. The topological polar surface area (TPSA) is 75.2 Å². The van der Waals surface area contributed by atoms with E-state index in [-0.39, 0.29) is 24.8 Å². The third kappa shape index (κ3) is 6.48. The van der Waals surface area contributed by atoms with Crippen molar-refractivity contribution in [3.63, 3.8) is 0 Å². The van der Waals surface area contributed by atoms with E-state index in [2.05, 4.69) is 30.5 Å². The highest BCUT2D eigenvalue weighted by Crippen LogP contribution is 2.22. The van der Waals surface area contributed by atoms with E-state index in [9.17, 15) is 0 Å². The van der Waals surface area contributed by atoms with Crippen LogP contribution in [-0.4, -0.2) is 41.3 Å². The average molecular weight is 490 g/mol. The van der Waals surface area contributed by atoms with E-state index in [1.165, 1.54) is 0 Å². The fourth-order valence-electron chi connectivity index (χ4n) is 2.71. The molecule has 1 saturated heterocycles. The molecule has 2 N–H and O–H groups in total. The van der Waals surface area contributed by atoms with Gasteiger partial charge in [0.1, 0.15) is 0 Å². The predicted octanol–water partition coefficient (Wildman–Crippen LogP) is 5.35. The van der Waals surface area contributed by atoms with E-state index in [0.29, 0.717) is 41.1 Å². The van der Waals surface area contributed by atoms with Crippen molar-refractivity contribution < 1.29 is 4.74 Å². The lowest BCUT2D eigenvalue weighted by Gasteiger charge is -2.27. The molecule has 4 rings (SSSR count). The van der Waals surface area contributed by atoms with Crippen molar-refractivity contribution in [2.24, 2.45) is 0 Å². The molecule has 0 unspecified atom stereocenters. The molecule has 1 aliphatic rings. The molecule has 2 aromatic carbocycles. The van der Waals surface area contributed by atoms with Crippen molar-refractivity contribution in [2.75, 3.05) is 41.8 Å². The Kier molecular flexibility index (Phi) is 9.20. The molecule has 0 saturated carbocycles. The van der Waals surface area contributed by atoms with Gasteiger partial charge in [-0.25, -0.2) is 0 Å². The molecule has 0 atom stereocenters. The van der Waals surface area contributed by atoms with Crippen LogP contribution in [0.15, 0.2) is 48.5 Å². The third-order valence-electron chi connectivity index (χ3n) is 4.12. The van der Waals surface area contributed by atoms with E-state index in [4.69, 9.17) is 27.9 Å². The Balaban J connectivity index is 0.00000160. The SMILES string of the molecule is Cl.Cl.Clc1ccc(Nc2nc(Nc3ccc(Cl)cc3)nc(N3CCOCC3)n2)cc1. The number of hydrogen-bond donors (Lipinski definition) is 2. The molecule has 30 heavy (non-hydrogen) atoms. The number of anilines is 5. The Hall–Kier alpha value is -2.03. The molecule has 3 aromatic rings. The minimum atomic E-state index is 0. The number of hydrogen-bond acceptors (Lipinski definition) is 7. The fourth-order valence-corrected chi connectivity index (χ4v) is 2.96. The highest BCUT2D eigenvalue weighted by molar-refractivity contribution is 6.30. The molecule has 0 aliphatic carbocycles. The quantitative estimate of drug-likeness (QED) is 0.500. The van der Waals surface area contributed by atoms with Gasteiger partial charge in [-0.15, -0.1) is 24.8 Å². The van der Waals surface area contributed by atoms with Crippen LogP contribution >= 0.6 is 48.0 Å². The summed E-state index contributed by atoms with van der Waals surface area (Å²) in [7, 11) is 0. The standard InChI is InChI=1S/C19H18Cl2N6O.2ClH/c20-13-1-5-15(6-2-13)22-17-24-18(23-16-7-3-14(21)4-8-16)26-19(25-17)27-9-11-28-12-10-27;;/h1-8H,9-12H2,(H2,22,23,24,25,26);2*1H. The van der Waals surface area contributed by atoms with Gasteiger partial charge in [-0.2, -0.15) is 15.0 Å². The zero-order chi connectivity index (χ0) is 19.3. The lowest BCUT2D eigenvalue weighted by Crippen LogP contribution is -2.37. The summed E-state index contributed by atoms with van der Waals surface area (Å²) in [6.07, 6.45) is 0. The molecule has 1 fully saturated rings. The van der Waals surface area contributed by atoms with Crippen molar-refractivity contribution in [1.82, 2.24) is 15.0 Å². The van der Waals surface area contributed by atoms with Gasteiger partial charge in [0, 0.05) is 34.5 Å². The van der Waals surface area contributed by atoms with E-state index in [1.54, 1.807) is 24.3 Å². The minimum Gasteiger partial charge on any atom is -0.378 e. The maximum atomic E-state index is 5.96. The van der Waals surface area contributed by atoms with E-state index in [1.807, 2.05) is 24.3 Å². The van der Waals surface area contributed by atoms with Crippen LogP contribution in [0.3, 0.4) is 0 Å². The molecule has 7 nitrogen and oxygen atoms in total. The summed E-state index contributed by atoms with van der Waals surface area (Å²) in [5, 5.41) is 7.75. The van der Waals surface area contributed by atoms with Gasteiger partial charge >= 0.3 is 0 Å². The van der Waals surface area contributed by atoms with Crippen LogP contribution in [0.4, 0.5) is 29.2 Å². The summed E-state index contributed by atoms with van der Waals surface area (Å²) < 4.78 is 5.43. The van der Waals surface area contributed by atoms with Gasteiger partial charge < -0.3 is 20.3 Å². The number of rotatable bonds is 5. The Morgan fingerprint density at radius 2 is 1.13 bits per heavy atom. The summed E-state index contributed by atoms with van der Waals surface area (Å²) in [6, 6.07) is 14.7. The number of halogens is 4. The van der Waals surface area contributed by atoms with Crippen LogP contribution in [0, 0.1) is 0 Å². The van der Waals surface area contributed by atoms with Gasteiger partial charge in [-0.3, -0.25) is 0 Å². The number of ether oxygens (including phenoxy) is 1. The summed E-state index contributed by atoms with van der Waals surface area (Å²) in [6.45, 7) is 2.74. The second-order valence-electron chi connectivity index (χ2n) is 6.15. The molecule has 0 radical (unpaired) electrons. The molecular formula is C19H20Cl4N6O. The number of nitrogens with one attached hydrogen (secondary N) is 2. The smallest absolute Gasteiger partial charge is 0.233 e. The third-order valence-corrected chi connectivity index (χ3v) is 4.62. The van der Waals surface area contributed by atoms with Gasteiger partial charge in [0.2, 0.25) is 17.8 Å². The maximum Gasteiger partial charge on any atom is 0.233 e. The monoisotopic (exact) mass is 488 g/mol. The van der Waals surface area contributed by atoms with Crippen LogP contribution in [0.2, 0.25) is 10.0 Å². The van der Waals surface area contributed by atoms with Crippen molar-refractivity contribution in [2.45, 2.75) is 0 Å². The number of nitrogens with zero attached hydrogens (tertiary/aromatic N) is 4. The summed E-state index contributed by atoms with van der Waals surface area (Å²) in [5.74, 6) is 1.47. The summed E-state index contributed by atoms with van der Waals surface area (Å²) >= 11 is 11.9. The molecule has 1 aliphatic heterocycles. The summed E-state index contributed by atoms with van der Waals surface area (Å²) in [5.41, 5.74) is 1.67. The molecular weight excluding hydrogens is 470 g/mol. The second-order valence-corrected chi connectivity index (χ2v) is 7.02. The van der Waals surface area contributed by atoms with Gasteiger partial charge in [0.05, 0.1) is 13.2 Å². The molecule has 0 spiro atoms. The van der Waals surface area contributed by atoms with Crippen LogP contribution < -0.4 is 15.5 Å². The molecule has 1 aromatic heterocycles. The van der Waals surface area contributed by atoms with Gasteiger partial charge in [-0.05, 0) is 48.5 Å². The van der Waals surface area contributed by atoms with Gasteiger partial charge in [0.15, 0.2) is 0 Å². The highest BCUT2D eigenvalue weighted by atomic mass is 35.5. The van der Waals surface area contributed by atoms with Crippen molar-refractivity contribution in [3.05, 3.63) is 58.6 Å². The van der Waals surface area contributed by atoms with E-state index < -0.39 is 0 Å². The first-order chi connectivity index (χ1) is 13.7. The van der Waals surface area contributed by atoms with Crippen LogP contribution in [0.25, 0.3) is 0 Å². The van der Waals surface area contributed by atoms with E-state index in [0.717, 1.165) is 24.5 Å². The van der Waals surface area contributed by atoms with Crippen molar-refractivity contribution in [3.8, 4) is 0 Å². The fraction of sp³-hybridized carbons (Fsp3) is 0.211. The Labute approximate surface area is 197 Å². The minimum absolute atomic E-state index is 0. The first kappa shape index (κ1) is 24.2. The first-order valence-electron chi connectivity index (χ1n) is 8.80. The molecule has 0 bridgehead atoms. The van der Waals surface area contributed by atoms with Crippen LogP contribution in [-0.2, 0) is 4.74 Å². The number of morpholine rings is 1. The van der Waals surface area contributed by atoms with Crippen molar-refractivity contribution in [1.29, 1.82) is 0 Å². The van der Waals surface area contributed by atoms with Gasteiger partial charge in [0.25, 0.3) is 0 Å². The molecule has 2 heterocycles. The lowest BCUT2D eigenvalue weighted by atomic mass is 10.3. The summed E-state index contributed by atoms with van der Waals surface area (Å²) in [4.78, 5) is 15.7. The van der Waals surface area contributed by atoms with Crippen LogP contribution in [0.5, 0.6) is 0 Å². The Bertz CT molecular complexity index is 871. The zero-order valence-electron chi connectivity index (χ0n) is 15.7. The predicted molar refractivity (Wildman–Crippen MR) is 127 cm³/mol. The second kappa shape index (κ2) is 11.4. The van der Waals surface area contributed by atoms with E-state index >= 15 is 0 Å². The molecule has 160 valence electrons. The molecule has 11 heteroatoms. The maximum absolute atomic E-state index is 5.96.